The van der Waals surface area contributed by atoms with Crippen molar-refractivity contribution >= 4 is 5.91 Å². The van der Waals surface area contributed by atoms with Gasteiger partial charge in [0.2, 0.25) is 5.88 Å². The number of hydrogen-bond donors (Lipinski definition) is 1. The molecule has 1 N–H and O–H groups in total. The van der Waals surface area contributed by atoms with Crippen LogP contribution in [0.3, 0.4) is 0 Å². The maximum absolute atomic E-state index is 13.4. The van der Waals surface area contributed by atoms with E-state index in [0.717, 1.165) is 24.9 Å². The van der Waals surface area contributed by atoms with Gasteiger partial charge in [-0.1, -0.05) is 12.1 Å². The highest BCUT2D eigenvalue weighted by Crippen LogP contribution is 2.40. The van der Waals surface area contributed by atoms with Crippen LogP contribution in [0, 0.1) is 5.92 Å². The van der Waals surface area contributed by atoms with Crippen molar-refractivity contribution in [2.45, 2.75) is 31.6 Å². The minimum atomic E-state index is -0.103. The molecular weight excluding hydrogens is 370 g/mol. The zero-order valence-corrected chi connectivity index (χ0v) is 15.8. The Morgan fingerprint density at radius 2 is 1.97 bits per heavy atom. The van der Waals surface area contributed by atoms with Gasteiger partial charge in [0.05, 0.1) is 36.3 Å². The number of fused-ring (bicyclic) bond motifs is 2. The number of para-hydroxylation sites is 1. The number of aliphatic hydroxyl groups is 1. The number of likely N-dealkylation sites (tertiary alicyclic amines) is 1. The second-order valence-corrected chi connectivity index (χ2v) is 7.51. The third-order valence-corrected chi connectivity index (χ3v) is 5.71. The quantitative estimate of drug-likeness (QED) is 0.713. The fourth-order valence-corrected chi connectivity index (χ4v) is 4.42. The van der Waals surface area contributed by atoms with E-state index in [2.05, 4.69) is 15.2 Å². The average molecular weight is 391 g/mol. The lowest BCUT2D eigenvalue weighted by Gasteiger charge is -2.33. The third kappa shape index (κ3) is 3.25. The number of nitrogens with zero attached hydrogens (tertiary/aromatic N) is 5. The van der Waals surface area contributed by atoms with Gasteiger partial charge in [0, 0.05) is 18.8 Å². The number of hydrogen-bond acceptors (Lipinski definition) is 6. The molecule has 3 unspecified atom stereocenters. The fourth-order valence-electron chi connectivity index (χ4n) is 4.42. The molecule has 1 saturated heterocycles. The third-order valence-electron chi connectivity index (χ3n) is 5.71. The molecule has 3 atom stereocenters. The molecule has 1 aliphatic heterocycles. The Morgan fingerprint density at radius 3 is 2.76 bits per heavy atom. The molecule has 8 nitrogen and oxygen atoms in total. The largest absolute Gasteiger partial charge is 0.472 e. The summed E-state index contributed by atoms with van der Waals surface area (Å²) >= 11 is 0. The summed E-state index contributed by atoms with van der Waals surface area (Å²) in [6.45, 7) is 0.673. The van der Waals surface area contributed by atoms with Crippen LogP contribution in [-0.4, -0.2) is 54.6 Å². The van der Waals surface area contributed by atoms with Crippen LogP contribution in [0.1, 0.15) is 28.8 Å². The highest BCUT2D eigenvalue weighted by Gasteiger charge is 2.48. The second-order valence-electron chi connectivity index (χ2n) is 7.51. The van der Waals surface area contributed by atoms with Crippen molar-refractivity contribution in [2.24, 2.45) is 5.92 Å². The lowest BCUT2D eigenvalue weighted by atomic mass is 10.1. The molecule has 1 amide bonds. The average Bonchev–Trinajstić information content (AvgIpc) is 3.51. The Kier molecular flexibility index (Phi) is 4.48. The molecule has 1 saturated carbocycles. The Balaban J connectivity index is 1.38. The smallest absolute Gasteiger partial charge is 0.256 e. The van der Waals surface area contributed by atoms with Crippen LogP contribution in [0.2, 0.25) is 0 Å². The van der Waals surface area contributed by atoms with Crippen molar-refractivity contribution in [3.8, 4) is 11.6 Å². The SMILES string of the molecule is O=C(c1ccccc1-n1nccn1)N1CC2CC(Oc3cc(CO)ccn3)C1C2. The van der Waals surface area contributed by atoms with Gasteiger partial charge in [0.15, 0.2) is 0 Å². The molecule has 0 radical (unpaired) electrons. The van der Waals surface area contributed by atoms with E-state index in [1.165, 1.54) is 4.80 Å². The van der Waals surface area contributed by atoms with E-state index in [0.29, 0.717) is 23.0 Å². The molecular formula is C21H21N5O3. The lowest BCUT2D eigenvalue weighted by Crippen LogP contribution is -2.47. The van der Waals surface area contributed by atoms with E-state index in [4.69, 9.17) is 4.74 Å². The summed E-state index contributed by atoms with van der Waals surface area (Å²) < 4.78 is 6.12. The maximum Gasteiger partial charge on any atom is 0.256 e. The Bertz CT molecular complexity index is 1020. The van der Waals surface area contributed by atoms with E-state index in [1.807, 2.05) is 29.2 Å². The van der Waals surface area contributed by atoms with Crippen molar-refractivity contribution in [3.05, 3.63) is 66.1 Å². The van der Waals surface area contributed by atoms with Crippen molar-refractivity contribution in [1.82, 2.24) is 24.9 Å². The van der Waals surface area contributed by atoms with Gasteiger partial charge < -0.3 is 14.7 Å². The molecule has 2 bridgehead atoms. The van der Waals surface area contributed by atoms with Crippen LogP contribution in [0.15, 0.2) is 55.0 Å². The number of ether oxygens (including phenoxy) is 1. The number of aromatic nitrogens is 4. The first-order valence-corrected chi connectivity index (χ1v) is 9.72. The van der Waals surface area contributed by atoms with Gasteiger partial charge >= 0.3 is 0 Å². The van der Waals surface area contributed by atoms with Gasteiger partial charge in [-0.15, -0.1) is 0 Å². The van der Waals surface area contributed by atoms with Crippen LogP contribution in [0.5, 0.6) is 5.88 Å². The van der Waals surface area contributed by atoms with Crippen LogP contribution < -0.4 is 4.74 Å². The Labute approximate surface area is 167 Å². The molecule has 2 aromatic heterocycles. The summed E-state index contributed by atoms with van der Waals surface area (Å²) in [6, 6.07) is 10.9. The van der Waals surface area contributed by atoms with E-state index in [9.17, 15) is 9.90 Å². The highest BCUT2D eigenvalue weighted by molar-refractivity contribution is 5.98. The number of rotatable bonds is 5. The molecule has 0 spiro atoms. The highest BCUT2D eigenvalue weighted by atomic mass is 16.5. The van der Waals surface area contributed by atoms with Gasteiger partial charge in [-0.25, -0.2) is 4.98 Å². The normalized spacial score (nSPS) is 22.8. The van der Waals surface area contributed by atoms with E-state index >= 15 is 0 Å². The van der Waals surface area contributed by atoms with Gasteiger partial charge in [0.1, 0.15) is 6.10 Å². The number of carbonyl (C=O) groups is 1. The van der Waals surface area contributed by atoms with E-state index in [1.54, 1.807) is 30.7 Å². The number of piperidine rings is 1. The molecule has 1 aliphatic carbocycles. The Morgan fingerprint density at radius 1 is 1.14 bits per heavy atom. The first-order valence-electron chi connectivity index (χ1n) is 9.72. The number of carbonyl (C=O) groups excluding carboxylic acids is 1. The van der Waals surface area contributed by atoms with Crippen molar-refractivity contribution in [3.63, 3.8) is 0 Å². The molecule has 5 rings (SSSR count). The molecule has 3 heterocycles. The van der Waals surface area contributed by atoms with E-state index < -0.39 is 0 Å². The summed E-state index contributed by atoms with van der Waals surface area (Å²) in [7, 11) is 0. The van der Waals surface area contributed by atoms with Crippen molar-refractivity contribution < 1.29 is 14.6 Å². The Hall–Kier alpha value is -3.26. The molecule has 148 valence electrons. The van der Waals surface area contributed by atoms with Crippen molar-refractivity contribution in [1.29, 1.82) is 0 Å². The molecule has 29 heavy (non-hydrogen) atoms. The summed E-state index contributed by atoms with van der Waals surface area (Å²) in [5.74, 6) is 0.878. The molecule has 2 fully saturated rings. The van der Waals surface area contributed by atoms with E-state index in [-0.39, 0.29) is 24.7 Å². The van der Waals surface area contributed by atoms with Crippen LogP contribution in [0.4, 0.5) is 0 Å². The molecule has 3 aromatic rings. The molecule has 1 aromatic carbocycles. The number of aliphatic hydroxyl groups excluding tert-OH is 1. The lowest BCUT2D eigenvalue weighted by molar-refractivity contribution is 0.0466. The zero-order valence-electron chi connectivity index (χ0n) is 15.8. The first-order chi connectivity index (χ1) is 14.2. The van der Waals surface area contributed by atoms with Crippen LogP contribution in [-0.2, 0) is 6.61 Å². The first kappa shape index (κ1) is 17.8. The van der Waals surface area contributed by atoms with Crippen LogP contribution >= 0.6 is 0 Å². The standard InChI is InChI=1S/C21H21N5O3/c27-13-14-5-6-22-20(11-14)29-19-10-15-9-18(19)25(12-15)21(28)16-3-1-2-4-17(16)26-23-7-8-24-26/h1-8,11,15,18-19,27H,9-10,12-13H2. The topological polar surface area (TPSA) is 93.4 Å². The van der Waals surface area contributed by atoms with Gasteiger partial charge in [-0.05, 0) is 42.5 Å². The minimum Gasteiger partial charge on any atom is -0.472 e. The van der Waals surface area contributed by atoms with Gasteiger partial charge in [-0.2, -0.15) is 15.0 Å². The minimum absolute atomic E-state index is 0.00530. The molecule has 2 aliphatic rings. The summed E-state index contributed by atoms with van der Waals surface area (Å²) in [6.07, 6.45) is 6.55. The zero-order chi connectivity index (χ0) is 19.8. The fraction of sp³-hybridized carbons (Fsp3) is 0.333. The monoisotopic (exact) mass is 391 g/mol. The number of benzene rings is 1. The van der Waals surface area contributed by atoms with Gasteiger partial charge in [0.25, 0.3) is 5.91 Å². The summed E-state index contributed by atoms with van der Waals surface area (Å²) in [5.41, 5.74) is 2.00. The number of pyridine rings is 1. The second kappa shape index (κ2) is 7.29. The predicted octanol–water partition coefficient (Wildman–Crippen LogP) is 1.84. The van der Waals surface area contributed by atoms with Crippen LogP contribution in [0.25, 0.3) is 5.69 Å². The summed E-state index contributed by atoms with van der Waals surface area (Å²) in [4.78, 5) is 21.0. The summed E-state index contributed by atoms with van der Waals surface area (Å²) in [5, 5.41) is 17.7. The number of amides is 1. The molecule has 8 heteroatoms. The van der Waals surface area contributed by atoms with Gasteiger partial charge in [-0.3, -0.25) is 4.79 Å². The maximum atomic E-state index is 13.4. The predicted molar refractivity (Wildman–Crippen MR) is 103 cm³/mol. The van der Waals surface area contributed by atoms with Crippen molar-refractivity contribution in [2.75, 3.05) is 6.54 Å².